The van der Waals surface area contributed by atoms with Gasteiger partial charge in [0.1, 0.15) is 6.04 Å². The summed E-state index contributed by atoms with van der Waals surface area (Å²) in [6.07, 6.45) is -0.661. The number of amides is 2. The van der Waals surface area contributed by atoms with Crippen molar-refractivity contribution in [3.63, 3.8) is 0 Å². The maximum absolute atomic E-state index is 12.4. The monoisotopic (exact) mass is 334 g/mol. The summed E-state index contributed by atoms with van der Waals surface area (Å²) in [5.41, 5.74) is 0.221. The zero-order chi connectivity index (χ0) is 17.9. The third-order valence-electron chi connectivity index (χ3n) is 3.47. The fourth-order valence-electron chi connectivity index (χ4n) is 2.46. The normalized spacial score (nSPS) is 14.3. The van der Waals surface area contributed by atoms with Crippen LogP contribution in [0.3, 0.4) is 0 Å². The first-order chi connectivity index (χ1) is 11.4. The standard InChI is InChI=1S/C15H14N2O7/c1-2-24-15(21)12(18)7-9(8-16(22)23)17-13(19)10-5-3-4-6-11(10)14(17)20/h3-6,9H,2,7-8H2,1H3. The number of hydrogen-bond donors (Lipinski definition) is 0. The fourth-order valence-corrected chi connectivity index (χ4v) is 2.46. The molecule has 1 aliphatic rings. The van der Waals surface area contributed by atoms with E-state index in [0.717, 1.165) is 0 Å². The van der Waals surface area contributed by atoms with Crippen molar-refractivity contribution in [1.82, 2.24) is 4.90 Å². The average molecular weight is 334 g/mol. The van der Waals surface area contributed by atoms with Crippen LogP contribution in [0.2, 0.25) is 0 Å². The molecule has 0 radical (unpaired) electrons. The first-order valence-electron chi connectivity index (χ1n) is 7.15. The van der Waals surface area contributed by atoms with Gasteiger partial charge in [-0.25, -0.2) is 4.79 Å². The third kappa shape index (κ3) is 3.29. The van der Waals surface area contributed by atoms with E-state index in [-0.39, 0.29) is 17.7 Å². The highest BCUT2D eigenvalue weighted by Gasteiger charge is 2.43. The van der Waals surface area contributed by atoms with E-state index < -0.39 is 47.5 Å². The number of benzene rings is 1. The van der Waals surface area contributed by atoms with Gasteiger partial charge in [0, 0.05) is 11.3 Å². The highest BCUT2D eigenvalue weighted by Crippen LogP contribution is 2.25. The Hall–Kier alpha value is -3.10. The van der Waals surface area contributed by atoms with E-state index in [1.165, 1.54) is 19.1 Å². The van der Waals surface area contributed by atoms with Crippen LogP contribution in [0.15, 0.2) is 24.3 Å². The molecular weight excluding hydrogens is 320 g/mol. The second kappa shape index (κ2) is 6.99. The van der Waals surface area contributed by atoms with Crippen LogP contribution in [0.25, 0.3) is 0 Å². The Balaban J connectivity index is 2.28. The number of carbonyl (C=O) groups is 4. The molecule has 1 aromatic carbocycles. The van der Waals surface area contributed by atoms with Gasteiger partial charge in [0.25, 0.3) is 11.8 Å². The smallest absolute Gasteiger partial charge is 0.374 e. The predicted molar refractivity (Wildman–Crippen MR) is 78.8 cm³/mol. The Morgan fingerprint density at radius 3 is 2.21 bits per heavy atom. The molecule has 0 saturated heterocycles. The molecule has 1 unspecified atom stereocenters. The van der Waals surface area contributed by atoms with Crippen LogP contribution >= 0.6 is 0 Å². The molecule has 1 aliphatic heterocycles. The molecule has 126 valence electrons. The zero-order valence-electron chi connectivity index (χ0n) is 12.8. The van der Waals surface area contributed by atoms with Gasteiger partial charge in [-0.05, 0) is 19.1 Å². The van der Waals surface area contributed by atoms with Gasteiger partial charge in [-0.3, -0.25) is 29.4 Å². The molecular formula is C15H14N2O7. The molecule has 1 heterocycles. The number of fused-ring (bicyclic) bond motifs is 1. The average Bonchev–Trinajstić information content (AvgIpc) is 2.78. The number of ether oxygens (including phenoxy) is 1. The van der Waals surface area contributed by atoms with Crippen LogP contribution in [-0.2, 0) is 14.3 Å². The Labute approximate surface area is 136 Å². The molecule has 9 nitrogen and oxygen atoms in total. The van der Waals surface area contributed by atoms with Crippen molar-refractivity contribution in [3.8, 4) is 0 Å². The Morgan fingerprint density at radius 1 is 1.21 bits per heavy atom. The van der Waals surface area contributed by atoms with Gasteiger partial charge in [0.05, 0.1) is 17.7 Å². The van der Waals surface area contributed by atoms with E-state index in [4.69, 9.17) is 0 Å². The Bertz CT molecular complexity index is 693. The maximum Gasteiger partial charge on any atom is 0.374 e. The number of ketones is 1. The van der Waals surface area contributed by atoms with Gasteiger partial charge in [0.2, 0.25) is 12.3 Å². The van der Waals surface area contributed by atoms with Crippen LogP contribution < -0.4 is 0 Å². The quantitative estimate of drug-likeness (QED) is 0.233. The topological polar surface area (TPSA) is 124 Å². The van der Waals surface area contributed by atoms with Crippen molar-refractivity contribution in [1.29, 1.82) is 0 Å². The summed E-state index contributed by atoms with van der Waals surface area (Å²) in [5, 5.41) is 10.9. The zero-order valence-corrected chi connectivity index (χ0v) is 12.8. The van der Waals surface area contributed by atoms with E-state index >= 15 is 0 Å². The van der Waals surface area contributed by atoms with Crippen LogP contribution in [0, 0.1) is 10.1 Å². The van der Waals surface area contributed by atoms with E-state index in [9.17, 15) is 29.3 Å². The van der Waals surface area contributed by atoms with Gasteiger partial charge >= 0.3 is 5.97 Å². The highest BCUT2D eigenvalue weighted by molar-refractivity contribution is 6.34. The molecule has 1 atom stereocenters. The largest absolute Gasteiger partial charge is 0.460 e. The van der Waals surface area contributed by atoms with Gasteiger partial charge in [-0.1, -0.05) is 12.1 Å². The molecule has 2 rings (SSSR count). The molecule has 0 N–H and O–H groups in total. The molecule has 0 bridgehead atoms. The van der Waals surface area contributed by atoms with Gasteiger partial charge in [-0.15, -0.1) is 0 Å². The minimum Gasteiger partial charge on any atom is -0.460 e. The van der Waals surface area contributed by atoms with Crippen molar-refractivity contribution in [2.75, 3.05) is 13.2 Å². The number of carbonyl (C=O) groups excluding carboxylic acids is 4. The molecule has 0 aliphatic carbocycles. The summed E-state index contributed by atoms with van der Waals surface area (Å²) >= 11 is 0. The van der Waals surface area contributed by atoms with Gasteiger partial charge < -0.3 is 4.74 Å². The number of imide groups is 1. The first-order valence-corrected chi connectivity index (χ1v) is 7.15. The lowest BCUT2D eigenvalue weighted by Gasteiger charge is -2.22. The van der Waals surface area contributed by atoms with Crippen molar-refractivity contribution >= 4 is 23.6 Å². The molecule has 1 aromatic rings. The SMILES string of the molecule is CCOC(=O)C(=O)CC(C[N+](=O)[O-])N1C(=O)c2ccccc2C1=O. The number of esters is 1. The Kier molecular flexibility index (Phi) is 5.02. The molecule has 9 heteroatoms. The predicted octanol–water partition coefficient (Wildman–Crippen LogP) is 0.450. The van der Waals surface area contributed by atoms with E-state index in [0.29, 0.717) is 4.90 Å². The molecule has 0 spiro atoms. The fraction of sp³-hybridized carbons (Fsp3) is 0.333. The highest BCUT2D eigenvalue weighted by atomic mass is 16.6. The summed E-state index contributed by atoms with van der Waals surface area (Å²) in [6.45, 7) is 0.637. The number of hydrogen-bond acceptors (Lipinski definition) is 7. The summed E-state index contributed by atoms with van der Waals surface area (Å²) in [4.78, 5) is 58.8. The van der Waals surface area contributed by atoms with Crippen LogP contribution in [0.5, 0.6) is 0 Å². The summed E-state index contributed by atoms with van der Waals surface area (Å²) in [6, 6.07) is 4.60. The lowest BCUT2D eigenvalue weighted by Crippen LogP contribution is -2.45. The lowest BCUT2D eigenvalue weighted by atomic mass is 10.1. The molecule has 0 saturated carbocycles. The molecule has 0 aromatic heterocycles. The van der Waals surface area contributed by atoms with Crippen molar-refractivity contribution in [2.24, 2.45) is 0 Å². The second-order valence-electron chi connectivity index (χ2n) is 5.04. The number of nitrogens with zero attached hydrogens (tertiary/aromatic N) is 2. The molecule has 2 amide bonds. The van der Waals surface area contributed by atoms with Crippen molar-refractivity contribution in [2.45, 2.75) is 19.4 Å². The van der Waals surface area contributed by atoms with E-state index in [2.05, 4.69) is 4.74 Å². The molecule has 24 heavy (non-hydrogen) atoms. The lowest BCUT2D eigenvalue weighted by molar-refractivity contribution is -0.485. The Morgan fingerprint density at radius 2 is 1.75 bits per heavy atom. The minimum absolute atomic E-state index is 0.0303. The van der Waals surface area contributed by atoms with Crippen molar-refractivity contribution < 1.29 is 28.8 Å². The number of rotatable bonds is 7. The third-order valence-corrected chi connectivity index (χ3v) is 3.47. The second-order valence-corrected chi connectivity index (χ2v) is 5.04. The van der Waals surface area contributed by atoms with E-state index in [1.54, 1.807) is 12.1 Å². The minimum atomic E-state index is -1.36. The van der Waals surface area contributed by atoms with Crippen molar-refractivity contribution in [3.05, 3.63) is 45.5 Å². The van der Waals surface area contributed by atoms with E-state index in [1.807, 2.05) is 0 Å². The number of nitro groups is 1. The molecule has 0 fully saturated rings. The van der Waals surface area contributed by atoms with Gasteiger partial charge in [0.15, 0.2) is 0 Å². The van der Waals surface area contributed by atoms with Crippen LogP contribution in [0.4, 0.5) is 0 Å². The number of Topliss-reactive ketones (excluding diaryl/α,β-unsaturated/α-hetero) is 1. The van der Waals surface area contributed by atoms with Crippen LogP contribution in [-0.4, -0.2) is 52.6 Å². The van der Waals surface area contributed by atoms with Crippen LogP contribution in [0.1, 0.15) is 34.1 Å². The summed E-state index contributed by atoms with van der Waals surface area (Å²) in [5.74, 6) is -3.62. The maximum atomic E-state index is 12.4. The summed E-state index contributed by atoms with van der Waals surface area (Å²) in [7, 11) is 0. The summed E-state index contributed by atoms with van der Waals surface area (Å²) < 4.78 is 4.54. The van der Waals surface area contributed by atoms with Gasteiger partial charge in [-0.2, -0.15) is 0 Å². The first kappa shape index (κ1) is 17.3.